The SMILES string of the molecule is CS(=O)(=O)N(CCC(=O)NC1CCCC1)c1cc(Cl)cc(Cl)c1. The molecule has 1 N–H and O–H groups in total. The first-order chi connectivity index (χ1) is 10.8. The van der Waals surface area contributed by atoms with Crippen molar-refractivity contribution in [2.75, 3.05) is 17.1 Å². The summed E-state index contributed by atoms with van der Waals surface area (Å²) in [6.07, 6.45) is 5.42. The number of nitrogens with one attached hydrogen (secondary N) is 1. The number of sulfonamides is 1. The van der Waals surface area contributed by atoms with Crippen molar-refractivity contribution >= 4 is 44.8 Å². The molecule has 0 atom stereocenters. The maximum atomic E-state index is 12.0. The molecule has 0 heterocycles. The monoisotopic (exact) mass is 378 g/mol. The zero-order valence-corrected chi connectivity index (χ0v) is 15.2. The van der Waals surface area contributed by atoms with Gasteiger partial charge in [0.1, 0.15) is 0 Å². The zero-order chi connectivity index (χ0) is 17.0. The molecule has 1 aromatic rings. The number of hydrogen-bond acceptors (Lipinski definition) is 3. The summed E-state index contributed by atoms with van der Waals surface area (Å²) in [7, 11) is -3.54. The van der Waals surface area contributed by atoms with E-state index in [4.69, 9.17) is 23.2 Å². The Hall–Kier alpha value is -0.980. The fraction of sp³-hybridized carbons (Fsp3) is 0.533. The largest absolute Gasteiger partial charge is 0.353 e. The molecule has 0 unspecified atom stereocenters. The number of hydrogen-bond donors (Lipinski definition) is 1. The van der Waals surface area contributed by atoms with Gasteiger partial charge in [0.15, 0.2) is 0 Å². The van der Waals surface area contributed by atoms with E-state index in [0.29, 0.717) is 15.7 Å². The molecule has 0 aliphatic heterocycles. The number of rotatable bonds is 6. The van der Waals surface area contributed by atoms with Gasteiger partial charge in [-0.3, -0.25) is 9.10 Å². The molecule has 0 radical (unpaired) electrons. The Kier molecular flexibility index (Phi) is 6.17. The fourth-order valence-electron chi connectivity index (χ4n) is 2.74. The van der Waals surface area contributed by atoms with Gasteiger partial charge in [-0.15, -0.1) is 0 Å². The Morgan fingerprint density at radius 2 is 1.78 bits per heavy atom. The van der Waals surface area contributed by atoms with Crippen LogP contribution in [0.5, 0.6) is 0 Å². The van der Waals surface area contributed by atoms with Crippen molar-refractivity contribution < 1.29 is 13.2 Å². The van der Waals surface area contributed by atoms with E-state index in [9.17, 15) is 13.2 Å². The lowest BCUT2D eigenvalue weighted by Crippen LogP contribution is -2.37. The van der Waals surface area contributed by atoms with Gasteiger partial charge in [0.05, 0.1) is 11.9 Å². The topological polar surface area (TPSA) is 66.5 Å². The van der Waals surface area contributed by atoms with E-state index in [2.05, 4.69) is 5.32 Å². The molecule has 0 bridgehead atoms. The third kappa shape index (κ3) is 5.55. The first kappa shape index (κ1) is 18.4. The van der Waals surface area contributed by atoms with Crippen LogP contribution in [0.15, 0.2) is 18.2 Å². The highest BCUT2D eigenvalue weighted by Crippen LogP contribution is 2.27. The summed E-state index contributed by atoms with van der Waals surface area (Å²) in [4.78, 5) is 12.0. The van der Waals surface area contributed by atoms with Crippen molar-refractivity contribution in [3.8, 4) is 0 Å². The minimum absolute atomic E-state index is 0.0497. The lowest BCUT2D eigenvalue weighted by Gasteiger charge is -2.23. The molecule has 0 saturated heterocycles. The minimum Gasteiger partial charge on any atom is -0.353 e. The Balaban J connectivity index is 2.06. The predicted molar refractivity (Wildman–Crippen MR) is 93.7 cm³/mol. The van der Waals surface area contributed by atoms with Gasteiger partial charge in [-0.2, -0.15) is 0 Å². The van der Waals surface area contributed by atoms with Crippen LogP contribution in [0.25, 0.3) is 0 Å². The number of benzene rings is 1. The molecule has 5 nitrogen and oxygen atoms in total. The smallest absolute Gasteiger partial charge is 0.232 e. The number of anilines is 1. The van der Waals surface area contributed by atoms with E-state index in [1.807, 2.05) is 0 Å². The maximum absolute atomic E-state index is 12.0. The third-order valence-electron chi connectivity index (χ3n) is 3.80. The average Bonchev–Trinajstić information content (AvgIpc) is 2.88. The summed E-state index contributed by atoms with van der Waals surface area (Å²) >= 11 is 11.9. The summed E-state index contributed by atoms with van der Waals surface area (Å²) < 4.78 is 25.2. The maximum Gasteiger partial charge on any atom is 0.232 e. The number of carbonyl (C=O) groups is 1. The lowest BCUT2D eigenvalue weighted by molar-refractivity contribution is -0.121. The van der Waals surface area contributed by atoms with Crippen molar-refractivity contribution in [3.05, 3.63) is 28.2 Å². The number of nitrogens with zero attached hydrogens (tertiary/aromatic N) is 1. The Labute approximate surface area is 147 Å². The van der Waals surface area contributed by atoms with E-state index in [0.717, 1.165) is 36.2 Å². The molecule has 2 rings (SSSR count). The molecular formula is C15H20Cl2N2O3S. The first-order valence-corrected chi connectivity index (χ1v) is 10.1. The molecule has 1 fully saturated rings. The second-order valence-electron chi connectivity index (χ2n) is 5.76. The van der Waals surface area contributed by atoms with Crippen LogP contribution < -0.4 is 9.62 Å². The Morgan fingerprint density at radius 1 is 1.22 bits per heavy atom. The van der Waals surface area contributed by atoms with Gasteiger partial charge in [-0.1, -0.05) is 36.0 Å². The van der Waals surface area contributed by atoms with E-state index < -0.39 is 10.0 Å². The average molecular weight is 379 g/mol. The molecule has 0 spiro atoms. The normalized spacial score (nSPS) is 15.6. The molecule has 128 valence electrons. The summed E-state index contributed by atoms with van der Waals surface area (Å²) in [5.74, 6) is -0.140. The molecule has 0 aromatic heterocycles. The highest BCUT2D eigenvalue weighted by Gasteiger charge is 2.21. The van der Waals surface area contributed by atoms with Gasteiger partial charge < -0.3 is 5.32 Å². The standard InChI is InChI=1S/C15H20Cl2N2O3S/c1-23(21,22)19(14-9-11(16)8-12(17)10-14)7-6-15(20)18-13-4-2-3-5-13/h8-10,13H,2-7H2,1H3,(H,18,20). The highest BCUT2D eigenvalue weighted by atomic mass is 35.5. The van der Waals surface area contributed by atoms with Crippen LogP contribution in [0, 0.1) is 0 Å². The van der Waals surface area contributed by atoms with E-state index in [-0.39, 0.29) is 24.9 Å². The van der Waals surface area contributed by atoms with Crippen LogP contribution in [-0.4, -0.2) is 33.2 Å². The van der Waals surface area contributed by atoms with Crippen LogP contribution in [0.4, 0.5) is 5.69 Å². The first-order valence-electron chi connectivity index (χ1n) is 7.49. The second-order valence-corrected chi connectivity index (χ2v) is 8.54. The van der Waals surface area contributed by atoms with Crippen molar-refractivity contribution in [1.29, 1.82) is 0 Å². The summed E-state index contributed by atoms with van der Waals surface area (Å²) in [6, 6.07) is 4.78. The van der Waals surface area contributed by atoms with Crippen molar-refractivity contribution in [3.63, 3.8) is 0 Å². The second kappa shape index (κ2) is 7.73. The van der Waals surface area contributed by atoms with Crippen LogP contribution in [0.3, 0.4) is 0 Å². The van der Waals surface area contributed by atoms with Crippen LogP contribution in [0.1, 0.15) is 32.1 Å². The van der Waals surface area contributed by atoms with E-state index in [1.165, 1.54) is 18.2 Å². The quantitative estimate of drug-likeness (QED) is 0.826. The minimum atomic E-state index is -3.54. The number of carbonyl (C=O) groups excluding carboxylic acids is 1. The van der Waals surface area contributed by atoms with Gasteiger partial charge in [-0.25, -0.2) is 8.42 Å². The molecule has 8 heteroatoms. The summed E-state index contributed by atoms with van der Waals surface area (Å²) in [5, 5.41) is 3.64. The number of amides is 1. The van der Waals surface area contributed by atoms with Crippen LogP contribution in [0.2, 0.25) is 10.0 Å². The van der Waals surface area contributed by atoms with E-state index >= 15 is 0 Å². The van der Waals surface area contributed by atoms with Gasteiger partial charge in [0.25, 0.3) is 0 Å². The molecule has 1 aliphatic carbocycles. The molecule has 1 aromatic carbocycles. The molecule has 23 heavy (non-hydrogen) atoms. The lowest BCUT2D eigenvalue weighted by atomic mass is 10.2. The predicted octanol–water partition coefficient (Wildman–Crippen LogP) is 3.21. The van der Waals surface area contributed by atoms with Gasteiger partial charge in [-0.05, 0) is 31.0 Å². The number of halogens is 2. The molecule has 1 saturated carbocycles. The van der Waals surface area contributed by atoms with E-state index in [1.54, 1.807) is 0 Å². The van der Waals surface area contributed by atoms with Gasteiger partial charge in [0.2, 0.25) is 15.9 Å². The fourth-order valence-corrected chi connectivity index (χ4v) is 4.17. The van der Waals surface area contributed by atoms with Crippen LogP contribution >= 0.6 is 23.2 Å². The Morgan fingerprint density at radius 3 is 2.30 bits per heavy atom. The third-order valence-corrected chi connectivity index (χ3v) is 5.43. The summed E-state index contributed by atoms with van der Waals surface area (Å²) in [5.41, 5.74) is 0.360. The van der Waals surface area contributed by atoms with Crippen molar-refractivity contribution in [2.24, 2.45) is 0 Å². The Bertz CT molecular complexity index is 653. The van der Waals surface area contributed by atoms with Crippen molar-refractivity contribution in [1.82, 2.24) is 5.32 Å². The van der Waals surface area contributed by atoms with Gasteiger partial charge in [0, 0.05) is 29.1 Å². The molecule has 1 amide bonds. The molecular weight excluding hydrogens is 359 g/mol. The van der Waals surface area contributed by atoms with Crippen LogP contribution in [-0.2, 0) is 14.8 Å². The molecule has 1 aliphatic rings. The van der Waals surface area contributed by atoms with Crippen molar-refractivity contribution in [2.45, 2.75) is 38.1 Å². The van der Waals surface area contributed by atoms with Gasteiger partial charge >= 0.3 is 0 Å². The zero-order valence-electron chi connectivity index (χ0n) is 12.9. The summed E-state index contributed by atoms with van der Waals surface area (Å²) in [6.45, 7) is 0.0497. The highest BCUT2D eigenvalue weighted by molar-refractivity contribution is 7.92.